The summed E-state index contributed by atoms with van der Waals surface area (Å²) in [6, 6.07) is 4.24. The smallest absolute Gasteiger partial charge is 0.251 e. The average Bonchev–Trinajstić information content (AvgIpc) is 2.19. The summed E-state index contributed by atoms with van der Waals surface area (Å²) < 4.78 is 26.3. The zero-order valence-corrected chi connectivity index (χ0v) is 10.7. The number of alkyl halides is 2. The van der Waals surface area contributed by atoms with Crippen molar-refractivity contribution in [3.8, 4) is 0 Å². The number of hydrogen-bond donors (Lipinski definition) is 0. The van der Waals surface area contributed by atoms with Gasteiger partial charge in [0.05, 0.1) is 0 Å². The normalized spacial score (nSPS) is 19.5. The van der Waals surface area contributed by atoms with Gasteiger partial charge in [0, 0.05) is 31.6 Å². The fourth-order valence-corrected chi connectivity index (χ4v) is 2.73. The van der Waals surface area contributed by atoms with Crippen molar-refractivity contribution >= 4 is 5.69 Å². The van der Waals surface area contributed by atoms with Crippen molar-refractivity contribution in [1.29, 1.82) is 0 Å². The van der Waals surface area contributed by atoms with E-state index >= 15 is 0 Å². The van der Waals surface area contributed by atoms with Gasteiger partial charge >= 0.3 is 0 Å². The highest BCUT2D eigenvalue weighted by atomic mass is 19.3. The van der Waals surface area contributed by atoms with Crippen LogP contribution in [0.1, 0.15) is 29.5 Å². The second-order valence-electron chi connectivity index (χ2n) is 5.09. The van der Waals surface area contributed by atoms with E-state index < -0.39 is 5.92 Å². The van der Waals surface area contributed by atoms with Gasteiger partial charge < -0.3 is 4.90 Å². The van der Waals surface area contributed by atoms with Crippen molar-refractivity contribution < 1.29 is 8.78 Å². The summed E-state index contributed by atoms with van der Waals surface area (Å²) in [4.78, 5) is 2.10. The van der Waals surface area contributed by atoms with Gasteiger partial charge in [0.1, 0.15) is 0 Å². The van der Waals surface area contributed by atoms with Crippen LogP contribution in [0.15, 0.2) is 12.1 Å². The van der Waals surface area contributed by atoms with Gasteiger partial charge in [-0.15, -0.1) is 0 Å². The first-order valence-electron chi connectivity index (χ1n) is 6.10. The van der Waals surface area contributed by atoms with Crippen LogP contribution >= 0.6 is 0 Å². The minimum absolute atomic E-state index is 0.0280. The van der Waals surface area contributed by atoms with Gasteiger partial charge in [-0.3, -0.25) is 0 Å². The molecule has 1 heterocycles. The Hall–Kier alpha value is -1.12. The summed E-state index contributed by atoms with van der Waals surface area (Å²) in [7, 11) is 0. The zero-order chi connectivity index (χ0) is 12.6. The summed E-state index contributed by atoms with van der Waals surface area (Å²) in [5, 5.41) is 0. The number of rotatable bonds is 1. The third kappa shape index (κ3) is 2.59. The van der Waals surface area contributed by atoms with Gasteiger partial charge in [0.15, 0.2) is 0 Å². The van der Waals surface area contributed by atoms with E-state index in [4.69, 9.17) is 0 Å². The van der Waals surface area contributed by atoms with Gasteiger partial charge in [0.25, 0.3) is 5.92 Å². The quantitative estimate of drug-likeness (QED) is 0.719. The minimum atomic E-state index is -2.47. The van der Waals surface area contributed by atoms with Crippen LogP contribution in [-0.2, 0) is 0 Å². The maximum Gasteiger partial charge on any atom is 0.251 e. The van der Waals surface area contributed by atoms with Crippen molar-refractivity contribution in [2.75, 3.05) is 18.0 Å². The molecule has 1 aromatic rings. The molecule has 0 spiro atoms. The lowest BCUT2D eigenvalue weighted by Gasteiger charge is -2.35. The molecule has 1 saturated heterocycles. The standard InChI is InChI=1S/C14H19F2N/c1-10-8-11(2)13(12(3)9-10)17-6-4-14(15,16)5-7-17/h8-9H,4-7H2,1-3H3. The van der Waals surface area contributed by atoms with Gasteiger partial charge in [-0.05, 0) is 31.9 Å². The zero-order valence-electron chi connectivity index (χ0n) is 10.7. The molecule has 0 aliphatic carbocycles. The maximum atomic E-state index is 13.1. The lowest BCUT2D eigenvalue weighted by atomic mass is 10.0. The highest BCUT2D eigenvalue weighted by molar-refractivity contribution is 5.60. The molecule has 94 valence electrons. The van der Waals surface area contributed by atoms with E-state index in [0.717, 1.165) is 5.69 Å². The Bertz CT molecular complexity index is 393. The van der Waals surface area contributed by atoms with E-state index in [1.54, 1.807) is 0 Å². The molecule has 0 amide bonds. The summed E-state index contributed by atoms with van der Waals surface area (Å²) >= 11 is 0. The lowest BCUT2D eigenvalue weighted by Crippen LogP contribution is -2.40. The topological polar surface area (TPSA) is 3.24 Å². The highest BCUT2D eigenvalue weighted by Crippen LogP contribution is 2.33. The predicted molar refractivity (Wildman–Crippen MR) is 67.0 cm³/mol. The molecule has 17 heavy (non-hydrogen) atoms. The Labute approximate surface area is 101 Å². The fourth-order valence-electron chi connectivity index (χ4n) is 2.73. The molecule has 3 heteroatoms. The Balaban J connectivity index is 2.24. The van der Waals surface area contributed by atoms with E-state index in [2.05, 4.69) is 37.8 Å². The number of nitrogens with zero attached hydrogens (tertiary/aromatic N) is 1. The first-order valence-corrected chi connectivity index (χ1v) is 6.10. The summed E-state index contributed by atoms with van der Waals surface area (Å²) in [5.74, 6) is -2.47. The second kappa shape index (κ2) is 4.28. The molecule has 1 aromatic carbocycles. The van der Waals surface area contributed by atoms with Crippen molar-refractivity contribution in [2.45, 2.75) is 39.5 Å². The number of halogens is 2. The molecule has 1 aliphatic heterocycles. The number of benzene rings is 1. The molecule has 0 N–H and O–H groups in total. The Morgan fingerprint density at radius 3 is 1.94 bits per heavy atom. The molecule has 0 atom stereocenters. The van der Waals surface area contributed by atoms with Crippen LogP contribution in [0.5, 0.6) is 0 Å². The van der Waals surface area contributed by atoms with Gasteiger partial charge in [0.2, 0.25) is 0 Å². The van der Waals surface area contributed by atoms with Crippen LogP contribution < -0.4 is 4.90 Å². The van der Waals surface area contributed by atoms with Gasteiger partial charge in [-0.2, -0.15) is 0 Å². The largest absolute Gasteiger partial charge is 0.371 e. The predicted octanol–water partition coefficient (Wildman–Crippen LogP) is 3.85. The first kappa shape index (κ1) is 12.3. The second-order valence-corrected chi connectivity index (χ2v) is 5.09. The van der Waals surface area contributed by atoms with E-state index in [1.165, 1.54) is 16.7 Å². The molecular weight excluding hydrogens is 220 g/mol. The van der Waals surface area contributed by atoms with Crippen molar-refractivity contribution in [3.63, 3.8) is 0 Å². The molecule has 1 fully saturated rings. The molecular formula is C14H19F2N. The molecule has 1 nitrogen and oxygen atoms in total. The summed E-state index contributed by atoms with van der Waals surface area (Å²) in [5.41, 5.74) is 4.75. The van der Waals surface area contributed by atoms with Crippen LogP contribution in [0, 0.1) is 20.8 Å². The van der Waals surface area contributed by atoms with Crippen LogP contribution in [0.3, 0.4) is 0 Å². The highest BCUT2D eigenvalue weighted by Gasteiger charge is 2.34. The van der Waals surface area contributed by atoms with Crippen LogP contribution in [-0.4, -0.2) is 19.0 Å². The SMILES string of the molecule is Cc1cc(C)c(N2CCC(F)(F)CC2)c(C)c1. The Morgan fingerprint density at radius 2 is 1.47 bits per heavy atom. The van der Waals surface area contributed by atoms with Crippen LogP contribution in [0.4, 0.5) is 14.5 Å². The van der Waals surface area contributed by atoms with Crippen LogP contribution in [0.25, 0.3) is 0 Å². The Morgan fingerprint density at radius 1 is 1.00 bits per heavy atom. The van der Waals surface area contributed by atoms with Crippen molar-refractivity contribution in [3.05, 3.63) is 28.8 Å². The maximum absolute atomic E-state index is 13.1. The molecule has 0 bridgehead atoms. The molecule has 0 aromatic heterocycles. The third-order valence-corrected chi connectivity index (χ3v) is 3.45. The average molecular weight is 239 g/mol. The molecule has 2 rings (SSSR count). The Kier molecular flexibility index (Phi) is 3.11. The van der Waals surface area contributed by atoms with E-state index in [9.17, 15) is 8.78 Å². The molecule has 0 saturated carbocycles. The summed E-state index contributed by atoms with van der Waals surface area (Å²) in [6.45, 7) is 7.09. The fraction of sp³-hybridized carbons (Fsp3) is 0.571. The third-order valence-electron chi connectivity index (χ3n) is 3.45. The van der Waals surface area contributed by atoms with Crippen molar-refractivity contribution in [1.82, 2.24) is 0 Å². The lowest BCUT2D eigenvalue weighted by molar-refractivity contribution is -0.0220. The minimum Gasteiger partial charge on any atom is -0.371 e. The number of hydrogen-bond acceptors (Lipinski definition) is 1. The number of aryl methyl sites for hydroxylation is 3. The summed E-state index contributed by atoms with van der Waals surface area (Å²) in [6.07, 6.45) is -0.0560. The van der Waals surface area contributed by atoms with Gasteiger partial charge in [-0.1, -0.05) is 17.7 Å². The molecule has 1 aliphatic rings. The van der Waals surface area contributed by atoms with Gasteiger partial charge in [-0.25, -0.2) is 8.78 Å². The molecule has 0 unspecified atom stereocenters. The van der Waals surface area contributed by atoms with E-state index in [-0.39, 0.29) is 12.8 Å². The number of anilines is 1. The number of piperidine rings is 1. The van der Waals surface area contributed by atoms with E-state index in [0.29, 0.717) is 13.1 Å². The monoisotopic (exact) mass is 239 g/mol. The first-order chi connectivity index (χ1) is 7.89. The van der Waals surface area contributed by atoms with E-state index in [1.807, 2.05) is 0 Å². The molecule has 0 radical (unpaired) electrons. The van der Waals surface area contributed by atoms with Crippen molar-refractivity contribution in [2.24, 2.45) is 0 Å². The van der Waals surface area contributed by atoms with Crippen LogP contribution in [0.2, 0.25) is 0 Å².